The van der Waals surface area contributed by atoms with Gasteiger partial charge in [0.05, 0.1) is 12.7 Å². The Kier molecular flexibility index (Phi) is 4.12. The molecule has 124 valence electrons. The second-order valence-electron chi connectivity index (χ2n) is 6.29. The molecule has 2 aliphatic heterocycles. The van der Waals surface area contributed by atoms with Crippen molar-refractivity contribution in [1.29, 1.82) is 0 Å². The van der Waals surface area contributed by atoms with Gasteiger partial charge in [0.1, 0.15) is 11.3 Å². The Morgan fingerprint density at radius 1 is 1.26 bits per heavy atom. The molecule has 0 radical (unpaired) electrons. The van der Waals surface area contributed by atoms with Crippen molar-refractivity contribution >= 4 is 23.1 Å². The van der Waals surface area contributed by atoms with Crippen molar-refractivity contribution in [2.75, 3.05) is 20.2 Å². The molecular formula is C17H21ClN2O3. The largest absolute Gasteiger partial charge is 0.509 e. The van der Waals surface area contributed by atoms with Gasteiger partial charge in [-0.05, 0) is 55.5 Å². The molecule has 0 aromatic heterocycles. The predicted octanol–water partition coefficient (Wildman–Crippen LogP) is 2.75. The summed E-state index contributed by atoms with van der Waals surface area (Å²) in [4.78, 5) is 17.8. The summed E-state index contributed by atoms with van der Waals surface area (Å²) in [6.07, 6.45) is 1.24. The minimum Gasteiger partial charge on any atom is -0.509 e. The zero-order valence-corrected chi connectivity index (χ0v) is 14.3. The number of carbonyl (C=O) groups excluding carboxylic acids is 1. The van der Waals surface area contributed by atoms with E-state index in [-0.39, 0.29) is 11.7 Å². The van der Waals surface area contributed by atoms with Crippen LogP contribution in [-0.4, -0.2) is 41.8 Å². The van der Waals surface area contributed by atoms with Gasteiger partial charge in [0.25, 0.3) is 5.91 Å². The highest BCUT2D eigenvalue weighted by Gasteiger charge is 2.48. The van der Waals surface area contributed by atoms with Gasteiger partial charge in [-0.3, -0.25) is 4.79 Å². The van der Waals surface area contributed by atoms with Crippen molar-refractivity contribution in [2.24, 2.45) is 0 Å². The second kappa shape index (κ2) is 5.82. The lowest BCUT2D eigenvalue weighted by atomic mass is 9.85. The van der Waals surface area contributed by atoms with Crippen LogP contribution in [0.25, 0.3) is 5.57 Å². The summed E-state index contributed by atoms with van der Waals surface area (Å²) < 4.78 is 0. The van der Waals surface area contributed by atoms with Crippen LogP contribution >= 0.6 is 11.6 Å². The fraction of sp³-hybridized carbons (Fsp3) is 0.471. The lowest BCUT2D eigenvalue weighted by Gasteiger charge is -2.37. The molecule has 0 bridgehead atoms. The number of nitrogens with zero attached hydrogens (tertiary/aromatic N) is 1. The molecule has 0 saturated carbocycles. The minimum atomic E-state index is -0.681. The van der Waals surface area contributed by atoms with E-state index in [0.717, 1.165) is 16.7 Å². The summed E-state index contributed by atoms with van der Waals surface area (Å²) in [7, 11) is 1.63. The van der Waals surface area contributed by atoms with Crippen molar-refractivity contribution in [3.8, 4) is 0 Å². The van der Waals surface area contributed by atoms with Gasteiger partial charge in [-0.1, -0.05) is 11.6 Å². The van der Waals surface area contributed by atoms with Crippen LogP contribution in [0.2, 0.25) is 5.02 Å². The maximum Gasteiger partial charge on any atom is 0.256 e. The van der Waals surface area contributed by atoms with Gasteiger partial charge in [0.15, 0.2) is 0 Å². The number of carbonyl (C=O) groups is 1. The molecule has 0 aliphatic carbocycles. The standard InChI is InChI=1S/C17H21ClN2O3/c1-10-8-12(18)9-11(2)13(10)14-15(21)17(19-16(14)22)4-6-20(23-3)7-5-17/h8-9,21H,4-7H2,1-3H3,(H,19,22). The van der Waals surface area contributed by atoms with E-state index in [1.165, 1.54) is 0 Å². The number of aryl methyl sites for hydroxylation is 2. The smallest absolute Gasteiger partial charge is 0.256 e. The Morgan fingerprint density at radius 2 is 1.83 bits per heavy atom. The van der Waals surface area contributed by atoms with Crippen LogP contribution in [0.1, 0.15) is 29.5 Å². The van der Waals surface area contributed by atoms with Crippen LogP contribution in [0.15, 0.2) is 17.9 Å². The zero-order valence-electron chi connectivity index (χ0n) is 13.6. The first-order valence-corrected chi connectivity index (χ1v) is 8.08. The highest BCUT2D eigenvalue weighted by atomic mass is 35.5. The molecule has 2 heterocycles. The maximum atomic E-state index is 12.6. The number of hydrogen-bond acceptors (Lipinski definition) is 4. The molecule has 1 fully saturated rings. The van der Waals surface area contributed by atoms with E-state index in [1.807, 2.05) is 31.0 Å². The summed E-state index contributed by atoms with van der Waals surface area (Å²) in [5.74, 6) is -0.0753. The monoisotopic (exact) mass is 336 g/mol. The SMILES string of the molecule is CON1CCC2(CC1)NC(=O)C(c1c(C)cc(Cl)cc1C)=C2O. The molecule has 1 saturated heterocycles. The van der Waals surface area contributed by atoms with Crippen molar-refractivity contribution < 1.29 is 14.7 Å². The fourth-order valence-electron chi connectivity index (χ4n) is 3.64. The molecular weight excluding hydrogens is 316 g/mol. The molecule has 1 spiro atoms. The number of hydrogen-bond donors (Lipinski definition) is 2. The molecule has 2 N–H and O–H groups in total. The van der Waals surface area contributed by atoms with Crippen molar-refractivity contribution in [2.45, 2.75) is 32.2 Å². The first-order chi connectivity index (χ1) is 10.9. The molecule has 1 aromatic carbocycles. The number of aliphatic hydroxyl groups is 1. The Balaban J connectivity index is 2.04. The van der Waals surface area contributed by atoms with Crippen molar-refractivity contribution in [3.05, 3.63) is 39.6 Å². The van der Waals surface area contributed by atoms with E-state index in [1.54, 1.807) is 7.11 Å². The van der Waals surface area contributed by atoms with Gasteiger partial charge in [-0.15, -0.1) is 0 Å². The molecule has 0 atom stereocenters. The molecule has 2 aliphatic rings. The lowest BCUT2D eigenvalue weighted by Crippen LogP contribution is -2.52. The highest BCUT2D eigenvalue weighted by molar-refractivity contribution is 6.31. The first-order valence-electron chi connectivity index (χ1n) is 7.70. The molecule has 3 rings (SSSR count). The Labute approximate surface area is 140 Å². The average Bonchev–Trinajstić information content (AvgIpc) is 2.72. The van der Waals surface area contributed by atoms with Crippen LogP contribution < -0.4 is 5.32 Å². The predicted molar refractivity (Wildman–Crippen MR) is 89.2 cm³/mol. The molecule has 5 nitrogen and oxygen atoms in total. The molecule has 0 unspecified atom stereocenters. The van der Waals surface area contributed by atoms with Crippen molar-refractivity contribution in [3.63, 3.8) is 0 Å². The Morgan fingerprint density at radius 3 is 2.35 bits per heavy atom. The second-order valence-corrected chi connectivity index (χ2v) is 6.72. The van der Waals surface area contributed by atoms with Crippen LogP contribution in [0.5, 0.6) is 0 Å². The highest BCUT2D eigenvalue weighted by Crippen LogP contribution is 2.40. The number of amides is 1. The number of rotatable bonds is 2. The molecule has 1 aromatic rings. The van der Waals surface area contributed by atoms with E-state index in [0.29, 0.717) is 36.5 Å². The topological polar surface area (TPSA) is 61.8 Å². The van der Waals surface area contributed by atoms with Gasteiger partial charge in [0.2, 0.25) is 0 Å². The third kappa shape index (κ3) is 2.63. The van der Waals surface area contributed by atoms with Gasteiger partial charge < -0.3 is 15.3 Å². The van der Waals surface area contributed by atoms with Gasteiger partial charge in [0, 0.05) is 18.1 Å². The Bertz CT molecular complexity index is 668. The van der Waals surface area contributed by atoms with E-state index < -0.39 is 5.54 Å². The van der Waals surface area contributed by atoms with Gasteiger partial charge in [-0.25, -0.2) is 0 Å². The van der Waals surface area contributed by atoms with Crippen LogP contribution in [0, 0.1) is 13.8 Å². The number of benzene rings is 1. The normalized spacial score (nSPS) is 21.1. The summed E-state index contributed by atoms with van der Waals surface area (Å²) >= 11 is 6.08. The van der Waals surface area contributed by atoms with Gasteiger partial charge >= 0.3 is 0 Å². The summed E-state index contributed by atoms with van der Waals surface area (Å²) in [5.41, 5.74) is 2.24. The maximum absolute atomic E-state index is 12.6. The number of piperidine rings is 1. The average molecular weight is 337 g/mol. The van der Waals surface area contributed by atoms with Crippen LogP contribution in [-0.2, 0) is 9.63 Å². The van der Waals surface area contributed by atoms with E-state index >= 15 is 0 Å². The number of aliphatic hydroxyl groups excluding tert-OH is 1. The summed E-state index contributed by atoms with van der Waals surface area (Å²) in [6, 6.07) is 3.63. The van der Waals surface area contributed by atoms with E-state index in [9.17, 15) is 9.90 Å². The van der Waals surface area contributed by atoms with E-state index in [4.69, 9.17) is 16.4 Å². The number of nitrogens with one attached hydrogen (secondary N) is 1. The fourth-order valence-corrected chi connectivity index (χ4v) is 3.96. The molecule has 6 heteroatoms. The third-order valence-corrected chi connectivity index (χ3v) is 5.07. The summed E-state index contributed by atoms with van der Waals surface area (Å²) in [6.45, 7) is 5.12. The number of halogens is 1. The lowest BCUT2D eigenvalue weighted by molar-refractivity contribution is -0.152. The third-order valence-electron chi connectivity index (χ3n) is 4.85. The minimum absolute atomic E-state index is 0.145. The van der Waals surface area contributed by atoms with E-state index in [2.05, 4.69) is 5.32 Å². The molecule has 23 heavy (non-hydrogen) atoms. The van der Waals surface area contributed by atoms with Crippen LogP contribution in [0.4, 0.5) is 0 Å². The Hall–Kier alpha value is -1.56. The first kappa shape index (κ1) is 16.3. The quantitative estimate of drug-likeness (QED) is 0.871. The van der Waals surface area contributed by atoms with Crippen LogP contribution in [0.3, 0.4) is 0 Å². The van der Waals surface area contributed by atoms with Crippen molar-refractivity contribution in [1.82, 2.24) is 10.4 Å². The van der Waals surface area contributed by atoms with Gasteiger partial charge in [-0.2, -0.15) is 5.06 Å². The summed E-state index contributed by atoms with van der Waals surface area (Å²) in [5, 5.41) is 16.3. The zero-order chi connectivity index (χ0) is 16.8. The molecule has 1 amide bonds. The number of hydroxylamine groups is 2.